The lowest BCUT2D eigenvalue weighted by molar-refractivity contribution is -0.0745. The van der Waals surface area contributed by atoms with Crippen LogP contribution in [0.1, 0.15) is 44.2 Å². The van der Waals surface area contributed by atoms with Crippen LogP contribution >= 0.6 is 11.6 Å². The molecule has 1 saturated carbocycles. The van der Waals surface area contributed by atoms with Crippen molar-refractivity contribution < 1.29 is 9.13 Å². The molecule has 0 amide bonds. The van der Waals surface area contributed by atoms with Gasteiger partial charge in [0.2, 0.25) is 0 Å². The topological polar surface area (TPSA) is 21.3 Å². The minimum atomic E-state index is -0.307. The molecule has 1 aliphatic rings. The SMILES string of the molecule is CNC(c1cc(F)ccc1Cl)C1(OC)CCC(C)CC1. The third-order valence-corrected chi connectivity index (χ3v) is 4.96. The number of nitrogens with one attached hydrogen (secondary N) is 1. The molecule has 20 heavy (non-hydrogen) atoms. The van der Waals surface area contributed by atoms with E-state index in [9.17, 15) is 4.39 Å². The average Bonchev–Trinajstić information content (AvgIpc) is 2.45. The zero-order valence-electron chi connectivity index (χ0n) is 12.4. The van der Waals surface area contributed by atoms with Gasteiger partial charge in [0.15, 0.2) is 0 Å². The number of methoxy groups -OCH3 is 1. The van der Waals surface area contributed by atoms with Gasteiger partial charge in [-0.3, -0.25) is 0 Å². The van der Waals surface area contributed by atoms with Crippen LogP contribution in [-0.4, -0.2) is 19.8 Å². The number of hydrogen-bond donors (Lipinski definition) is 1. The summed E-state index contributed by atoms with van der Waals surface area (Å²) in [4.78, 5) is 0. The standard InChI is InChI=1S/C16H23ClFNO/c1-11-6-8-16(20-3,9-7-11)15(19-2)13-10-12(18)4-5-14(13)17/h4-5,10-11,15,19H,6-9H2,1-3H3. The van der Waals surface area contributed by atoms with Crippen LogP contribution in [0.2, 0.25) is 5.02 Å². The maximum Gasteiger partial charge on any atom is 0.123 e. The van der Waals surface area contributed by atoms with Crippen LogP contribution in [0.4, 0.5) is 4.39 Å². The highest BCUT2D eigenvalue weighted by molar-refractivity contribution is 6.31. The number of hydrogen-bond acceptors (Lipinski definition) is 2. The van der Waals surface area contributed by atoms with Crippen LogP contribution in [0.15, 0.2) is 18.2 Å². The van der Waals surface area contributed by atoms with Crippen LogP contribution in [0.3, 0.4) is 0 Å². The van der Waals surface area contributed by atoms with Gasteiger partial charge in [0.1, 0.15) is 5.82 Å². The van der Waals surface area contributed by atoms with E-state index in [1.807, 2.05) is 7.05 Å². The molecule has 0 aliphatic heterocycles. The number of ether oxygens (including phenoxy) is 1. The van der Waals surface area contributed by atoms with E-state index in [2.05, 4.69) is 12.2 Å². The van der Waals surface area contributed by atoms with Gasteiger partial charge in [-0.2, -0.15) is 0 Å². The summed E-state index contributed by atoms with van der Waals surface area (Å²) >= 11 is 6.27. The van der Waals surface area contributed by atoms with E-state index in [0.29, 0.717) is 5.02 Å². The molecule has 2 nitrogen and oxygen atoms in total. The molecule has 1 fully saturated rings. The molecular weight excluding hydrogens is 277 g/mol. The molecule has 2 rings (SSSR count). The summed E-state index contributed by atoms with van der Waals surface area (Å²) in [6.07, 6.45) is 4.17. The molecule has 0 spiro atoms. The van der Waals surface area contributed by atoms with Crippen molar-refractivity contribution in [1.29, 1.82) is 0 Å². The molecule has 1 aromatic carbocycles. The summed E-state index contributed by atoms with van der Waals surface area (Å²) in [7, 11) is 3.62. The van der Waals surface area contributed by atoms with E-state index in [1.165, 1.54) is 12.1 Å². The second-order valence-corrected chi connectivity index (χ2v) is 6.25. The van der Waals surface area contributed by atoms with Crippen molar-refractivity contribution in [2.45, 2.75) is 44.2 Å². The lowest BCUT2D eigenvalue weighted by atomic mass is 9.73. The quantitative estimate of drug-likeness (QED) is 0.893. The lowest BCUT2D eigenvalue weighted by Gasteiger charge is -2.44. The summed E-state index contributed by atoms with van der Waals surface area (Å²) in [5.41, 5.74) is 0.476. The predicted octanol–water partition coefficient (Wildman–Crippen LogP) is 4.33. The van der Waals surface area contributed by atoms with Crippen molar-refractivity contribution in [2.75, 3.05) is 14.2 Å². The van der Waals surface area contributed by atoms with Crippen LogP contribution in [0, 0.1) is 11.7 Å². The Kier molecular flexibility index (Phi) is 5.05. The number of halogens is 2. The van der Waals surface area contributed by atoms with Crippen molar-refractivity contribution >= 4 is 11.6 Å². The molecule has 1 N–H and O–H groups in total. The molecule has 0 saturated heterocycles. The Morgan fingerprint density at radius 2 is 2.05 bits per heavy atom. The number of rotatable bonds is 4. The lowest BCUT2D eigenvalue weighted by Crippen LogP contribution is -2.47. The van der Waals surface area contributed by atoms with Gasteiger partial charge in [0, 0.05) is 12.1 Å². The highest BCUT2D eigenvalue weighted by Gasteiger charge is 2.42. The van der Waals surface area contributed by atoms with Gasteiger partial charge in [-0.15, -0.1) is 0 Å². The first-order valence-electron chi connectivity index (χ1n) is 7.20. The van der Waals surface area contributed by atoms with Crippen molar-refractivity contribution in [3.63, 3.8) is 0 Å². The largest absolute Gasteiger partial charge is 0.376 e. The van der Waals surface area contributed by atoms with Gasteiger partial charge in [0.05, 0.1) is 11.6 Å². The van der Waals surface area contributed by atoms with Gasteiger partial charge in [-0.1, -0.05) is 18.5 Å². The monoisotopic (exact) mass is 299 g/mol. The molecule has 1 aromatic rings. The maximum absolute atomic E-state index is 13.6. The van der Waals surface area contributed by atoms with Gasteiger partial charge >= 0.3 is 0 Å². The van der Waals surface area contributed by atoms with Crippen LogP contribution < -0.4 is 5.32 Å². The fourth-order valence-corrected chi connectivity index (χ4v) is 3.53. The van der Waals surface area contributed by atoms with E-state index < -0.39 is 0 Å². The highest BCUT2D eigenvalue weighted by atomic mass is 35.5. The number of benzene rings is 1. The molecular formula is C16H23ClFNO. The van der Waals surface area contributed by atoms with Crippen molar-refractivity contribution in [1.82, 2.24) is 5.32 Å². The molecule has 0 aromatic heterocycles. The van der Waals surface area contributed by atoms with E-state index in [1.54, 1.807) is 13.2 Å². The first-order valence-corrected chi connectivity index (χ1v) is 7.57. The van der Waals surface area contributed by atoms with E-state index >= 15 is 0 Å². The summed E-state index contributed by atoms with van der Waals surface area (Å²) in [6.45, 7) is 2.27. The van der Waals surface area contributed by atoms with Gasteiger partial charge in [-0.25, -0.2) is 4.39 Å². The molecule has 0 heterocycles. The Hall–Kier alpha value is -0.640. The zero-order valence-corrected chi connectivity index (χ0v) is 13.1. The predicted molar refractivity (Wildman–Crippen MR) is 80.6 cm³/mol. The third kappa shape index (κ3) is 3.00. The molecule has 1 unspecified atom stereocenters. The summed E-state index contributed by atoms with van der Waals surface area (Å²) < 4.78 is 19.5. The number of likely N-dealkylation sites (N-methyl/N-ethyl adjacent to an activating group) is 1. The third-order valence-electron chi connectivity index (χ3n) is 4.61. The average molecular weight is 300 g/mol. The second kappa shape index (κ2) is 6.42. The minimum Gasteiger partial charge on any atom is -0.376 e. The van der Waals surface area contributed by atoms with E-state index in [0.717, 1.165) is 37.2 Å². The van der Waals surface area contributed by atoms with Crippen LogP contribution in [-0.2, 0) is 4.74 Å². The summed E-state index contributed by atoms with van der Waals surface area (Å²) in [6, 6.07) is 4.43. The van der Waals surface area contributed by atoms with Gasteiger partial charge < -0.3 is 10.1 Å². The highest BCUT2D eigenvalue weighted by Crippen LogP contribution is 2.44. The van der Waals surface area contributed by atoms with E-state index in [4.69, 9.17) is 16.3 Å². The molecule has 1 atom stereocenters. The maximum atomic E-state index is 13.6. The van der Waals surface area contributed by atoms with Crippen LogP contribution in [0.5, 0.6) is 0 Å². The Bertz CT molecular complexity index is 458. The Balaban J connectivity index is 2.36. The van der Waals surface area contributed by atoms with Crippen LogP contribution in [0.25, 0.3) is 0 Å². The van der Waals surface area contributed by atoms with Crippen molar-refractivity contribution in [2.24, 2.45) is 5.92 Å². The zero-order chi connectivity index (χ0) is 14.8. The van der Waals surface area contributed by atoms with Gasteiger partial charge in [0.25, 0.3) is 0 Å². The van der Waals surface area contributed by atoms with Crippen molar-refractivity contribution in [3.8, 4) is 0 Å². The first-order chi connectivity index (χ1) is 9.52. The summed E-state index contributed by atoms with van der Waals surface area (Å²) in [5, 5.41) is 3.87. The summed E-state index contributed by atoms with van der Waals surface area (Å²) in [5.74, 6) is 0.457. The van der Waals surface area contributed by atoms with Gasteiger partial charge in [-0.05, 0) is 62.4 Å². The molecule has 112 valence electrons. The molecule has 0 bridgehead atoms. The molecule has 1 aliphatic carbocycles. The fourth-order valence-electron chi connectivity index (χ4n) is 3.30. The molecule has 0 radical (unpaired) electrons. The first kappa shape index (κ1) is 15.7. The normalized spacial score (nSPS) is 28.4. The Labute approximate surface area is 125 Å². The van der Waals surface area contributed by atoms with Crippen molar-refractivity contribution in [3.05, 3.63) is 34.6 Å². The second-order valence-electron chi connectivity index (χ2n) is 5.84. The smallest absolute Gasteiger partial charge is 0.123 e. The minimum absolute atomic E-state index is 0.0943. The molecule has 4 heteroatoms. The van der Waals surface area contributed by atoms with E-state index in [-0.39, 0.29) is 17.5 Å². The fraction of sp³-hybridized carbons (Fsp3) is 0.625. The Morgan fingerprint density at radius 1 is 1.40 bits per heavy atom. The Morgan fingerprint density at radius 3 is 2.60 bits per heavy atom.